The predicted octanol–water partition coefficient (Wildman–Crippen LogP) is 2.45. The van der Waals surface area contributed by atoms with Crippen molar-refractivity contribution < 1.29 is 9.53 Å². The Labute approximate surface area is 105 Å². The van der Waals surface area contributed by atoms with Crippen LogP contribution in [0.4, 0.5) is 0 Å². The van der Waals surface area contributed by atoms with Crippen molar-refractivity contribution in [3.63, 3.8) is 0 Å². The number of methoxy groups -OCH3 is 1. The fraction of sp³-hybridized carbons (Fsp3) is 0.929. The highest BCUT2D eigenvalue weighted by molar-refractivity contribution is 5.79. The lowest BCUT2D eigenvalue weighted by atomic mass is 9.82. The van der Waals surface area contributed by atoms with E-state index in [1.807, 2.05) is 0 Å². The lowest BCUT2D eigenvalue weighted by Gasteiger charge is -2.32. The number of carbonyl (C=O) groups is 1. The van der Waals surface area contributed by atoms with Gasteiger partial charge < -0.3 is 9.64 Å². The van der Waals surface area contributed by atoms with Crippen LogP contribution in [0, 0.1) is 11.8 Å². The van der Waals surface area contributed by atoms with Crippen LogP contribution >= 0.6 is 0 Å². The summed E-state index contributed by atoms with van der Waals surface area (Å²) >= 11 is 0. The van der Waals surface area contributed by atoms with Gasteiger partial charge in [0.25, 0.3) is 0 Å². The molecule has 1 amide bonds. The SMILES string of the molecule is COC[C@H]1CCCN1C(=O)[C@H]1CC[C@@H](C)CC1. The second-order valence-corrected chi connectivity index (χ2v) is 5.74. The van der Waals surface area contributed by atoms with Gasteiger partial charge in [0.15, 0.2) is 0 Å². The molecule has 0 unspecified atom stereocenters. The zero-order valence-corrected chi connectivity index (χ0v) is 11.2. The molecule has 0 bridgehead atoms. The normalized spacial score (nSPS) is 34.0. The van der Waals surface area contributed by atoms with Gasteiger partial charge in [-0.2, -0.15) is 0 Å². The summed E-state index contributed by atoms with van der Waals surface area (Å²) in [6.45, 7) is 3.94. The zero-order valence-electron chi connectivity index (χ0n) is 11.2. The van der Waals surface area contributed by atoms with E-state index in [0.717, 1.165) is 38.1 Å². The molecule has 0 spiro atoms. The van der Waals surface area contributed by atoms with Crippen molar-refractivity contribution in [1.82, 2.24) is 4.90 Å². The molecule has 3 nitrogen and oxygen atoms in total. The number of ether oxygens (including phenoxy) is 1. The van der Waals surface area contributed by atoms with Gasteiger partial charge in [-0.15, -0.1) is 0 Å². The van der Waals surface area contributed by atoms with Crippen LogP contribution in [0.2, 0.25) is 0 Å². The first-order valence-corrected chi connectivity index (χ1v) is 7.01. The fourth-order valence-electron chi connectivity index (χ4n) is 3.23. The molecule has 1 saturated heterocycles. The second kappa shape index (κ2) is 5.85. The van der Waals surface area contributed by atoms with Crippen LogP contribution in [-0.4, -0.2) is 37.1 Å². The van der Waals surface area contributed by atoms with Gasteiger partial charge in [-0.05, 0) is 44.4 Å². The number of hydrogen-bond donors (Lipinski definition) is 0. The van der Waals surface area contributed by atoms with Crippen molar-refractivity contribution in [2.45, 2.75) is 51.5 Å². The number of likely N-dealkylation sites (tertiary alicyclic amines) is 1. The molecule has 0 radical (unpaired) electrons. The van der Waals surface area contributed by atoms with Crippen LogP contribution < -0.4 is 0 Å². The summed E-state index contributed by atoms with van der Waals surface area (Å²) in [5.41, 5.74) is 0. The van der Waals surface area contributed by atoms with E-state index in [9.17, 15) is 4.79 Å². The van der Waals surface area contributed by atoms with Gasteiger partial charge in [-0.3, -0.25) is 4.79 Å². The van der Waals surface area contributed by atoms with Crippen LogP contribution in [0.1, 0.15) is 45.4 Å². The molecule has 1 aliphatic heterocycles. The van der Waals surface area contributed by atoms with E-state index in [-0.39, 0.29) is 0 Å². The minimum Gasteiger partial charge on any atom is -0.383 e. The molecule has 3 heteroatoms. The number of hydrogen-bond acceptors (Lipinski definition) is 2. The van der Waals surface area contributed by atoms with Crippen molar-refractivity contribution in [2.75, 3.05) is 20.3 Å². The molecular weight excluding hydrogens is 214 g/mol. The van der Waals surface area contributed by atoms with Crippen LogP contribution in [0.15, 0.2) is 0 Å². The summed E-state index contributed by atoms with van der Waals surface area (Å²) in [7, 11) is 1.73. The summed E-state index contributed by atoms with van der Waals surface area (Å²) in [6, 6.07) is 0.340. The first-order chi connectivity index (χ1) is 8.22. The average Bonchev–Trinajstić information content (AvgIpc) is 2.78. The maximum Gasteiger partial charge on any atom is 0.226 e. The van der Waals surface area contributed by atoms with E-state index in [0.29, 0.717) is 24.5 Å². The third-order valence-electron chi connectivity index (χ3n) is 4.38. The Kier molecular flexibility index (Phi) is 4.43. The lowest BCUT2D eigenvalue weighted by Crippen LogP contribution is -2.42. The summed E-state index contributed by atoms with van der Waals surface area (Å²) in [4.78, 5) is 14.6. The van der Waals surface area contributed by atoms with E-state index in [4.69, 9.17) is 4.74 Å². The number of carbonyl (C=O) groups excluding carboxylic acids is 1. The van der Waals surface area contributed by atoms with Gasteiger partial charge in [0, 0.05) is 19.6 Å². The molecule has 0 aromatic carbocycles. The van der Waals surface area contributed by atoms with Gasteiger partial charge >= 0.3 is 0 Å². The lowest BCUT2D eigenvalue weighted by molar-refractivity contribution is -0.138. The Bertz CT molecular complexity index is 259. The van der Waals surface area contributed by atoms with Crippen molar-refractivity contribution >= 4 is 5.91 Å². The molecule has 1 atom stereocenters. The smallest absolute Gasteiger partial charge is 0.226 e. The van der Waals surface area contributed by atoms with Crippen LogP contribution in [0.25, 0.3) is 0 Å². The van der Waals surface area contributed by atoms with E-state index >= 15 is 0 Å². The molecule has 2 fully saturated rings. The van der Waals surface area contributed by atoms with E-state index < -0.39 is 0 Å². The minimum atomic E-state index is 0.295. The summed E-state index contributed by atoms with van der Waals surface area (Å²) in [5.74, 6) is 1.51. The van der Waals surface area contributed by atoms with Crippen molar-refractivity contribution in [2.24, 2.45) is 11.8 Å². The molecule has 0 N–H and O–H groups in total. The van der Waals surface area contributed by atoms with Gasteiger partial charge in [0.05, 0.1) is 12.6 Å². The Morgan fingerprint density at radius 1 is 1.24 bits per heavy atom. The Balaban J connectivity index is 1.90. The van der Waals surface area contributed by atoms with E-state index in [2.05, 4.69) is 11.8 Å². The van der Waals surface area contributed by atoms with E-state index in [1.165, 1.54) is 12.8 Å². The molecular formula is C14H25NO2. The second-order valence-electron chi connectivity index (χ2n) is 5.74. The van der Waals surface area contributed by atoms with Gasteiger partial charge in [0.1, 0.15) is 0 Å². The molecule has 1 aliphatic carbocycles. The van der Waals surface area contributed by atoms with E-state index in [1.54, 1.807) is 7.11 Å². The Morgan fingerprint density at radius 2 is 1.94 bits per heavy atom. The topological polar surface area (TPSA) is 29.5 Å². The van der Waals surface area contributed by atoms with Crippen LogP contribution in [0.5, 0.6) is 0 Å². The van der Waals surface area contributed by atoms with Gasteiger partial charge in [-0.1, -0.05) is 6.92 Å². The first kappa shape index (κ1) is 12.9. The highest BCUT2D eigenvalue weighted by atomic mass is 16.5. The summed E-state index contributed by atoms with van der Waals surface area (Å²) in [6.07, 6.45) is 6.89. The largest absolute Gasteiger partial charge is 0.383 e. The average molecular weight is 239 g/mol. The maximum atomic E-state index is 12.5. The quantitative estimate of drug-likeness (QED) is 0.757. The zero-order chi connectivity index (χ0) is 12.3. The Morgan fingerprint density at radius 3 is 2.59 bits per heavy atom. The molecule has 2 rings (SSSR count). The molecule has 0 aromatic rings. The number of rotatable bonds is 3. The Hall–Kier alpha value is -0.570. The molecule has 2 aliphatic rings. The third kappa shape index (κ3) is 3.01. The molecule has 0 aromatic heterocycles. The van der Waals surface area contributed by atoms with Gasteiger partial charge in [0.2, 0.25) is 5.91 Å². The predicted molar refractivity (Wildman–Crippen MR) is 67.7 cm³/mol. The monoisotopic (exact) mass is 239 g/mol. The molecule has 17 heavy (non-hydrogen) atoms. The van der Waals surface area contributed by atoms with Crippen molar-refractivity contribution in [3.05, 3.63) is 0 Å². The fourth-order valence-corrected chi connectivity index (χ4v) is 3.23. The van der Waals surface area contributed by atoms with Crippen LogP contribution in [0.3, 0.4) is 0 Å². The highest BCUT2D eigenvalue weighted by Gasteiger charge is 2.34. The molecule has 1 saturated carbocycles. The number of nitrogens with zero attached hydrogens (tertiary/aromatic N) is 1. The van der Waals surface area contributed by atoms with Crippen molar-refractivity contribution in [1.29, 1.82) is 0 Å². The van der Waals surface area contributed by atoms with Crippen LogP contribution in [-0.2, 0) is 9.53 Å². The summed E-state index contributed by atoms with van der Waals surface area (Å²) in [5, 5.41) is 0. The first-order valence-electron chi connectivity index (χ1n) is 7.01. The summed E-state index contributed by atoms with van der Waals surface area (Å²) < 4.78 is 5.22. The van der Waals surface area contributed by atoms with Gasteiger partial charge in [-0.25, -0.2) is 0 Å². The van der Waals surface area contributed by atoms with Crippen molar-refractivity contribution in [3.8, 4) is 0 Å². The maximum absolute atomic E-state index is 12.5. The number of amides is 1. The third-order valence-corrected chi connectivity index (χ3v) is 4.38. The standard InChI is InChI=1S/C14H25NO2/c1-11-5-7-12(8-6-11)14(16)15-9-3-4-13(15)10-17-2/h11-13H,3-10H2,1-2H3/t11-,12+,13-/m1/s1. The minimum absolute atomic E-state index is 0.295. The molecule has 98 valence electrons. The highest BCUT2D eigenvalue weighted by Crippen LogP contribution is 2.31. The molecule has 1 heterocycles.